The summed E-state index contributed by atoms with van der Waals surface area (Å²) in [7, 11) is 0. The van der Waals surface area contributed by atoms with Crippen molar-refractivity contribution in [3.63, 3.8) is 0 Å². The van der Waals surface area contributed by atoms with Crippen LogP contribution >= 0.6 is 0 Å². The Morgan fingerprint density at radius 3 is 2.53 bits per heavy atom. The van der Waals surface area contributed by atoms with E-state index in [2.05, 4.69) is 24.1 Å². The van der Waals surface area contributed by atoms with Crippen molar-refractivity contribution in [1.29, 1.82) is 0 Å². The summed E-state index contributed by atoms with van der Waals surface area (Å²) < 4.78 is 5.49. The van der Waals surface area contributed by atoms with Gasteiger partial charge in [-0.15, -0.1) is 0 Å². The van der Waals surface area contributed by atoms with Crippen LogP contribution in [0, 0.1) is 5.92 Å². The molecule has 19 heavy (non-hydrogen) atoms. The molecule has 0 radical (unpaired) electrons. The van der Waals surface area contributed by atoms with Crippen molar-refractivity contribution in [2.45, 2.75) is 64.5 Å². The van der Waals surface area contributed by atoms with Crippen molar-refractivity contribution < 1.29 is 4.74 Å². The number of hydrogen-bond donors (Lipinski definition) is 1. The van der Waals surface area contributed by atoms with E-state index in [4.69, 9.17) is 4.74 Å². The lowest BCUT2D eigenvalue weighted by atomic mass is 9.95. The molecular weight excluding hydrogens is 236 g/mol. The zero-order chi connectivity index (χ0) is 13.5. The fraction of sp³-hybridized carbons (Fsp3) is 1.00. The average molecular weight is 268 g/mol. The summed E-state index contributed by atoms with van der Waals surface area (Å²) in [4.78, 5) is 2.79. The zero-order valence-corrected chi connectivity index (χ0v) is 12.9. The van der Waals surface area contributed by atoms with Gasteiger partial charge in [0, 0.05) is 44.9 Å². The molecule has 0 saturated carbocycles. The predicted molar refractivity (Wildman–Crippen MR) is 80.5 cm³/mol. The molecule has 2 aliphatic rings. The Morgan fingerprint density at radius 1 is 1.11 bits per heavy atom. The normalized spacial score (nSPS) is 30.6. The molecule has 2 rings (SSSR count). The van der Waals surface area contributed by atoms with Crippen molar-refractivity contribution >= 4 is 0 Å². The SMILES string of the molecule is CCCC1CN(CC2CCOCC2)C(CCC)CN1. The summed E-state index contributed by atoms with van der Waals surface area (Å²) in [5.41, 5.74) is 0. The van der Waals surface area contributed by atoms with Gasteiger partial charge in [0.05, 0.1) is 0 Å². The van der Waals surface area contributed by atoms with Gasteiger partial charge in [0.15, 0.2) is 0 Å². The smallest absolute Gasteiger partial charge is 0.0469 e. The van der Waals surface area contributed by atoms with Gasteiger partial charge in [0.1, 0.15) is 0 Å². The Kier molecular flexibility index (Phi) is 6.62. The first-order chi connectivity index (χ1) is 9.33. The Bertz CT molecular complexity index is 241. The molecule has 0 spiro atoms. The molecule has 112 valence electrons. The summed E-state index contributed by atoms with van der Waals surface area (Å²) in [6.07, 6.45) is 7.79. The Balaban J connectivity index is 1.86. The highest BCUT2D eigenvalue weighted by Crippen LogP contribution is 2.21. The molecular formula is C16H32N2O. The number of hydrogen-bond acceptors (Lipinski definition) is 3. The minimum absolute atomic E-state index is 0.720. The number of nitrogens with zero attached hydrogens (tertiary/aromatic N) is 1. The van der Waals surface area contributed by atoms with Gasteiger partial charge >= 0.3 is 0 Å². The second-order valence-electron chi connectivity index (χ2n) is 6.35. The first-order valence-electron chi connectivity index (χ1n) is 8.38. The summed E-state index contributed by atoms with van der Waals surface area (Å²) in [5.74, 6) is 0.869. The van der Waals surface area contributed by atoms with Crippen LogP contribution in [0.15, 0.2) is 0 Å². The first-order valence-corrected chi connectivity index (χ1v) is 8.38. The molecule has 0 aromatic carbocycles. The van der Waals surface area contributed by atoms with E-state index >= 15 is 0 Å². The maximum Gasteiger partial charge on any atom is 0.0469 e. The topological polar surface area (TPSA) is 24.5 Å². The van der Waals surface area contributed by atoms with Crippen LogP contribution < -0.4 is 5.32 Å². The summed E-state index contributed by atoms with van der Waals surface area (Å²) in [6, 6.07) is 1.49. The molecule has 2 aliphatic heterocycles. The standard InChI is InChI=1S/C16H32N2O/c1-3-5-15-13-18(16(6-4-2)11-17-15)12-14-7-9-19-10-8-14/h14-17H,3-13H2,1-2H3. The Hall–Kier alpha value is -0.120. The number of ether oxygens (including phenoxy) is 1. The minimum Gasteiger partial charge on any atom is -0.381 e. The third-order valence-corrected chi connectivity index (χ3v) is 4.71. The third-order valence-electron chi connectivity index (χ3n) is 4.71. The summed E-state index contributed by atoms with van der Waals surface area (Å²) in [5, 5.41) is 3.76. The quantitative estimate of drug-likeness (QED) is 0.801. The maximum atomic E-state index is 5.49. The molecule has 0 aromatic heterocycles. The highest BCUT2D eigenvalue weighted by atomic mass is 16.5. The fourth-order valence-electron chi connectivity index (χ4n) is 3.57. The van der Waals surface area contributed by atoms with Gasteiger partial charge in [-0.25, -0.2) is 0 Å². The van der Waals surface area contributed by atoms with Crippen LogP contribution in [0.25, 0.3) is 0 Å². The first kappa shape index (κ1) is 15.3. The number of rotatable bonds is 6. The van der Waals surface area contributed by atoms with Crippen LogP contribution in [0.4, 0.5) is 0 Å². The van der Waals surface area contributed by atoms with E-state index in [0.717, 1.165) is 31.2 Å². The highest BCUT2D eigenvalue weighted by Gasteiger charge is 2.29. The van der Waals surface area contributed by atoms with Crippen LogP contribution in [-0.4, -0.2) is 49.8 Å². The van der Waals surface area contributed by atoms with Gasteiger partial charge in [-0.1, -0.05) is 26.7 Å². The molecule has 0 amide bonds. The van der Waals surface area contributed by atoms with Crippen LogP contribution in [0.3, 0.4) is 0 Å². The largest absolute Gasteiger partial charge is 0.381 e. The van der Waals surface area contributed by atoms with E-state index in [0.29, 0.717) is 0 Å². The van der Waals surface area contributed by atoms with E-state index < -0.39 is 0 Å². The van der Waals surface area contributed by atoms with Crippen LogP contribution in [0.1, 0.15) is 52.4 Å². The molecule has 2 unspecified atom stereocenters. The van der Waals surface area contributed by atoms with Gasteiger partial charge < -0.3 is 10.1 Å². The van der Waals surface area contributed by atoms with Crippen LogP contribution in [0.5, 0.6) is 0 Å². The minimum atomic E-state index is 0.720. The molecule has 0 aromatic rings. The zero-order valence-electron chi connectivity index (χ0n) is 12.9. The van der Waals surface area contributed by atoms with Crippen LogP contribution in [-0.2, 0) is 4.74 Å². The van der Waals surface area contributed by atoms with E-state index in [1.165, 1.54) is 58.2 Å². The molecule has 2 heterocycles. The molecule has 2 saturated heterocycles. The third kappa shape index (κ3) is 4.73. The van der Waals surface area contributed by atoms with Gasteiger partial charge in [-0.2, -0.15) is 0 Å². The summed E-state index contributed by atoms with van der Waals surface area (Å²) in [6.45, 7) is 10.3. The number of piperazine rings is 1. The average Bonchev–Trinajstić information content (AvgIpc) is 2.43. The molecule has 1 N–H and O–H groups in total. The molecule has 0 bridgehead atoms. The van der Waals surface area contributed by atoms with Gasteiger partial charge in [-0.05, 0) is 31.6 Å². The molecule has 3 heteroatoms. The molecule has 3 nitrogen and oxygen atoms in total. The Morgan fingerprint density at radius 2 is 1.84 bits per heavy atom. The van der Waals surface area contributed by atoms with Gasteiger partial charge in [-0.3, -0.25) is 4.90 Å². The second-order valence-corrected chi connectivity index (χ2v) is 6.35. The van der Waals surface area contributed by atoms with E-state index in [1.54, 1.807) is 0 Å². The van der Waals surface area contributed by atoms with Gasteiger partial charge in [0.25, 0.3) is 0 Å². The van der Waals surface area contributed by atoms with Crippen molar-refractivity contribution in [1.82, 2.24) is 10.2 Å². The monoisotopic (exact) mass is 268 g/mol. The van der Waals surface area contributed by atoms with Crippen LogP contribution in [0.2, 0.25) is 0 Å². The molecule has 0 aliphatic carbocycles. The molecule has 2 atom stereocenters. The fourth-order valence-corrected chi connectivity index (χ4v) is 3.57. The lowest BCUT2D eigenvalue weighted by Gasteiger charge is -2.42. The number of nitrogens with one attached hydrogen (secondary N) is 1. The highest BCUT2D eigenvalue weighted by molar-refractivity contribution is 4.87. The Labute approximate surface area is 119 Å². The van der Waals surface area contributed by atoms with E-state index in [-0.39, 0.29) is 0 Å². The second kappa shape index (κ2) is 8.23. The van der Waals surface area contributed by atoms with Crippen molar-refractivity contribution in [3.05, 3.63) is 0 Å². The van der Waals surface area contributed by atoms with Crippen molar-refractivity contribution in [2.75, 3.05) is 32.8 Å². The summed E-state index contributed by atoms with van der Waals surface area (Å²) >= 11 is 0. The van der Waals surface area contributed by atoms with E-state index in [1.807, 2.05) is 0 Å². The molecule has 2 fully saturated rings. The van der Waals surface area contributed by atoms with E-state index in [9.17, 15) is 0 Å². The predicted octanol–water partition coefficient (Wildman–Crippen LogP) is 2.66. The lowest BCUT2D eigenvalue weighted by Crippen LogP contribution is -2.57. The lowest BCUT2D eigenvalue weighted by molar-refractivity contribution is 0.0335. The maximum absolute atomic E-state index is 5.49. The van der Waals surface area contributed by atoms with Gasteiger partial charge in [0.2, 0.25) is 0 Å². The van der Waals surface area contributed by atoms with Crippen molar-refractivity contribution in [3.8, 4) is 0 Å². The van der Waals surface area contributed by atoms with Crippen molar-refractivity contribution in [2.24, 2.45) is 5.92 Å².